The minimum atomic E-state index is -1.05. The van der Waals surface area contributed by atoms with Crippen LogP contribution in [-0.4, -0.2) is 63.5 Å². The molecule has 1 atom stereocenters. The van der Waals surface area contributed by atoms with Gasteiger partial charge in [-0.1, -0.05) is 23.2 Å². The van der Waals surface area contributed by atoms with Gasteiger partial charge in [0.1, 0.15) is 17.5 Å². The molecule has 2 aromatic rings. The van der Waals surface area contributed by atoms with E-state index < -0.39 is 17.9 Å². The number of ether oxygens (including phenoxy) is 1. The Labute approximate surface area is 206 Å². The van der Waals surface area contributed by atoms with Gasteiger partial charge in [-0.15, -0.1) is 0 Å². The second kappa shape index (κ2) is 10.1. The zero-order valence-corrected chi connectivity index (χ0v) is 19.8. The zero-order chi connectivity index (χ0) is 24.4. The van der Waals surface area contributed by atoms with E-state index in [0.717, 1.165) is 19.3 Å². The molecule has 0 aromatic heterocycles. The van der Waals surface area contributed by atoms with Crippen molar-refractivity contribution in [3.63, 3.8) is 0 Å². The molecule has 2 aliphatic heterocycles. The second-order valence-electron chi connectivity index (χ2n) is 8.40. The van der Waals surface area contributed by atoms with Crippen LogP contribution in [0.1, 0.15) is 52.8 Å². The molecule has 2 heterocycles. The van der Waals surface area contributed by atoms with E-state index in [0.29, 0.717) is 32.5 Å². The highest BCUT2D eigenvalue weighted by molar-refractivity contribution is 6.37. The maximum Gasteiger partial charge on any atom is 0.326 e. The summed E-state index contributed by atoms with van der Waals surface area (Å²) in [5.41, 5.74) is 0.273. The number of piperidine rings is 1. The molecule has 0 bridgehead atoms. The van der Waals surface area contributed by atoms with E-state index in [2.05, 4.69) is 0 Å². The summed E-state index contributed by atoms with van der Waals surface area (Å²) in [5.74, 6) is -1.63. The third-order valence-electron chi connectivity index (χ3n) is 6.11. The number of phenols is 1. The Balaban J connectivity index is 1.56. The van der Waals surface area contributed by atoms with Gasteiger partial charge >= 0.3 is 5.97 Å². The molecule has 0 aliphatic carbocycles. The zero-order valence-electron chi connectivity index (χ0n) is 18.3. The average Bonchev–Trinajstić information content (AvgIpc) is 3.32. The Morgan fingerprint density at radius 1 is 0.912 bits per heavy atom. The maximum atomic E-state index is 12.9. The number of rotatable bonds is 5. The van der Waals surface area contributed by atoms with Crippen LogP contribution < -0.4 is 4.74 Å². The normalized spacial score (nSPS) is 18.1. The number of aromatic hydroxyl groups is 1. The van der Waals surface area contributed by atoms with Crippen molar-refractivity contribution in [2.45, 2.75) is 38.1 Å². The third kappa shape index (κ3) is 4.93. The first-order valence-corrected chi connectivity index (χ1v) is 11.8. The summed E-state index contributed by atoms with van der Waals surface area (Å²) in [4.78, 5) is 40.2. The van der Waals surface area contributed by atoms with Gasteiger partial charge in [-0.3, -0.25) is 9.59 Å². The number of hydrogen-bond acceptors (Lipinski definition) is 5. The van der Waals surface area contributed by atoms with Crippen LogP contribution in [0.5, 0.6) is 17.2 Å². The number of benzene rings is 2. The molecule has 2 aliphatic rings. The second-order valence-corrected chi connectivity index (χ2v) is 9.21. The van der Waals surface area contributed by atoms with E-state index >= 15 is 0 Å². The van der Waals surface area contributed by atoms with Gasteiger partial charge in [-0.2, -0.15) is 0 Å². The highest BCUT2D eigenvalue weighted by atomic mass is 35.5. The first-order valence-electron chi connectivity index (χ1n) is 11.1. The number of amides is 2. The summed E-state index contributed by atoms with van der Waals surface area (Å²) < 4.78 is 5.83. The Hall–Kier alpha value is -2.97. The minimum absolute atomic E-state index is 0.0545. The summed E-state index contributed by atoms with van der Waals surface area (Å²) >= 11 is 12.7. The maximum absolute atomic E-state index is 12.9. The number of carboxylic acids is 1. The molecule has 10 heteroatoms. The van der Waals surface area contributed by atoms with Crippen LogP contribution in [0.3, 0.4) is 0 Å². The Morgan fingerprint density at radius 2 is 1.59 bits per heavy atom. The SMILES string of the molecule is O=C(O)[C@H]1CCCN1C(=O)c1cc(Cl)c(Oc2ccc(O)c(C(=O)N3CCCCC3)c2)c(Cl)c1. The first-order chi connectivity index (χ1) is 16.3. The first kappa shape index (κ1) is 24.2. The van der Waals surface area contributed by atoms with E-state index in [1.165, 1.54) is 35.2 Å². The van der Waals surface area contributed by atoms with Gasteiger partial charge in [0.25, 0.3) is 11.8 Å². The number of hydrogen-bond donors (Lipinski definition) is 2. The molecule has 2 aromatic carbocycles. The van der Waals surface area contributed by atoms with Crippen molar-refractivity contribution < 1.29 is 29.3 Å². The van der Waals surface area contributed by atoms with E-state index in [-0.39, 0.29) is 44.3 Å². The Morgan fingerprint density at radius 3 is 2.24 bits per heavy atom. The van der Waals surface area contributed by atoms with Crippen LogP contribution in [0.15, 0.2) is 30.3 Å². The van der Waals surface area contributed by atoms with Crippen LogP contribution >= 0.6 is 23.2 Å². The predicted molar refractivity (Wildman–Crippen MR) is 126 cm³/mol. The summed E-state index contributed by atoms with van der Waals surface area (Å²) in [5, 5.41) is 19.7. The van der Waals surface area contributed by atoms with Gasteiger partial charge in [0, 0.05) is 25.2 Å². The fourth-order valence-electron chi connectivity index (χ4n) is 4.35. The van der Waals surface area contributed by atoms with Crippen LogP contribution in [0.2, 0.25) is 10.0 Å². The van der Waals surface area contributed by atoms with E-state index in [4.69, 9.17) is 27.9 Å². The molecule has 0 saturated carbocycles. The fourth-order valence-corrected chi connectivity index (χ4v) is 4.91. The number of carboxylic acid groups (broad SMARTS) is 1. The van der Waals surface area contributed by atoms with Crippen molar-refractivity contribution in [1.29, 1.82) is 0 Å². The fraction of sp³-hybridized carbons (Fsp3) is 0.375. The Bertz CT molecular complexity index is 1110. The number of halogens is 2. The molecule has 2 N–H and O–H groups in total. The summed E-state index contributed by atoms with van der Waals surface area (Å²) in [6.07, 6.45) is 3.91. The van der Waals surface area contributed by atoms with E-state index in [1.54, 1.807) is 4.90 Å². The van der Waals surface area contributed by atoms with Crippen LogP contribution in [0.25, 0.3) is 0 Å². The average molecular weight is 507 g/mol. The summed E-state index contributed by atoms with van der Waals surface area (Å²) in [6.45, 7) is 1.61. The molecular formula is C24H24Cl2N2O6. The van der Waals surface area contributed by atoms with Crippen molar-refractivity contribution in [1.82, 2.24) is 9.80 Å². The minimum Gasteiger partial charge on any atom is -0.507 e. The lowest BCUT2D eigenvalue weighted by Gasteiger charge is -2.27. The van der Waals surface area contributed by atoms with Crippen molar-refractivity contribution in [2.24, 2.45) is 0 Å². The van der Waals surface area contributed by atoms with Crippen molar-refractivity contribution in [3.05, 3.63) is 51.5 Å². The van der Waals surface area contributed by atoms with Gasteiger partial charge in [0.05, 0.1) is 15.6 Å². The number of phenolic OH excluding ortho intramolecular Hbond substituents is 1. The molecule has 34 heavy (non-hydrogen) atoms. The van der Waals surface area contributed by atoms with Crippen molar-refractivity contribution in [3.8, 4) is 17.2 Å². The topological polar surface area (TPSA) is 107 Å². The van der Waals surface area contributed by atoms with Crippen LogP contribution in [0, 0.1) is 0 Å². The molecule has 0 unspecified atom stereocenters. The molecule has 0 radical (unpaired) electrons. The molecule has 180 valence electrons. The monoisotopic (exact) mass is 506 g/mol. The number of nitrogens with zero attached hydrogens (tertiary/aromatic N) is 2. The molecule has 4 rings (SSSR count). The number of aliphatic carboxylic acids is 1. The standard InChI is InChI=1S/C24H24Cl2N2O6/c25-17-11-14(22(30)28-10-4-5-19(28)24(32)33)12-18(26)21(17)34-15-6-7-20(29)16(13-15)23(31)27-8-2-1-3-9-27/h6-7,11-13,19,29H,1-5,8-10H2,(H,32,33)/t19-/m1/s1. The molecule has 2 fully saturated rings. The highest BCUT2D eigenvalue weighted by Gasteiger charge is 2.35. The quantitative estimate of drug-likeness (QED) is 0.602. The number of carbonyl (C=O) groups is 3. The summed E-state index contributed by atoms with van der Waals surface area (Å²) in [6, 6.07) is 6.15. The molecule has 2 amide bonds. The predicted octanol–water partition coefficient (Wildman–Crippen LogP) is 4.81. The molecular weight excluding hydrogens is 483 g/mol. The van der Waals surface area contributed by atoms with E-state index in [9.17, 15) is 24.6 Å². The van der Waals surface area contributed by atoms with Gasteiger partial charge in [-0.25, -0.2) is 4.79 Å². The molecule has 0 spiro atoms. The largest absolute Gasteiger partial charge is 0.507 e. The van der Waals surface area contributed by atoms with Gasteiger partial charge in [-0.05, 0) is 62.4 Å². The van der Waals surface area contributed by atoms with Crippen LogP contribution in [-0.2, 0) is 4.79 Å². The molecule has 2 saturated heterocycles. The summed E-state index contributed by atoms with van der Waals surface area (Å²) in [7, 11) is 0. The number of likely N-dealkylation sites (tertiary alicyclic amines) is 2. The third-order valence-corrected chi connectivity index (χ3v) is 6.67. The van der Waals surface area contributed by atoms with Gasteiger partial charge < -0.3 is 24.7 Å². The lowest BCUT2D eigenvalue weighted by molar-refractivity contribution is -0.141. The smallest absolute Gasteiger partial charge is 0.326 e. The lowest BCUT2D eigenvalue weighted by Crippen LogP contribution is -2.40. The van der Waals surface area contributed by atoms with E-state index in [1.807, 2.05) is 0 Å². The van der Waals surface area contributed by atoms with Crippen molar-refractivity contribution in [2.75, 3.05) is 19.6 Å². The highest BCUT2D eigenvalue weighted by Crippen LogP contribution is 2.39. The molecule has 8 nitrogen and oxygen atoms in total. The Kier molecular flexibility index (Phi) is 7.19. The van der Waals surface area contributed by atoms with Gasteiger partial charge in [0.15, 0.2) is 5.75 Å². The van der Waals surface area contributed by atoms with Crippen molar-refractivity contribution >= 4 is 41.0 Å². The lowest BCUT2D eigenvalue weighted by atomic mass is 10.1. The number of carbonyl (C=O) groups excluding carboxylic acids is 2. The van der Waals surface area contributed by atoms with Crippen LogP contribution in [0.4, 0.5) is 0 Å². The van der Waals surface area contributed by atoms with Gasteiger partial charge in [0.2, 0.25) is 0 Å².